The van der Waals surface area contributed by atoms with Gasteiger partial charge in [-0.15, -0.1) is 0 Å². The van der Waals surface area contributed by atoms with Crippen LogP contribution in [0.15, 0.2) is 23.3 Å². The zero-order chi connectivity index (χ0) is 20.5. The van der Waals surface area contributed by atoms with Crippen molar-refractivity contribution in [3.8, 4) is 0 Å². The molecule has 0 aromatic carbocycles. The predicted molar refractivity (Wildman–Crippen MR) is 120 cm³/mol. The molecule has 7 heteroatoms. The van der Waals surface area contributed by atoms with E-state index in [1.165, 1.54) is 12.8 Å². The van der Waals surface area contributed by atoms with Gasteiger partial charge in [0.05, 0.1) is 13.2 Å². The van der Waals surface area contributed by atoms with E-state index in [1.807, 2.05) is 6.20 Å². The van der Waals surface area contributed by atoms with Gasteiger partial charge in [-0.1, -0.05) is 13.0 Å². The molecule has 7 nitrogen and oxygen atoms in total. The van der Waals surface area contributed by atoms with Crippen molar-refractivity contribution in [3.05, 3.63) is 23.9 Å². The maximum atomic E-state index is 5.76. The van der Waals surface area contributed by atoms with E-state index in [-0.39, 0.29) is 0 Å². The van der Waals surface area contributed by atoms with Crippen LogP contribution in [-0.4, -0.2) is 86.8 Å². The maximum absolute atomic E-state index is 5.76. The molecule has 0 bridgehead atoms. The number of aromatic nitrogens is 1. The van der Waals surface area contributed by atoms with Crippen molar-refractivity contribution in [2.45, 2.75) is 33.2 Å². The summed E-state index contributed by atoms with van der Waals surface area (Å²) in [5.74, 6) is 2.81. The number of ether oxygens (including phenoxy) is 1. The molecule has 162 valence electrons. The van der Waals surface area contributed by atoms with Gasteiger partial charge >= 0.3 is 0 Å². The van der Waals surface area contributed by atoms with Crippen LogP contribution in [0.4, 0.5) is 5.82 Å². The maximum Gasteiger partial charge on any atom is 0.194 e. The van der Waals surface area contributed by atoms with Crippen LogP contribution < -0.4 is 10.2 Å². The molecule has 2 aliphatic rings. The Morgan fingerprint density at radius 2 is 2.03 bits per heavy atom. The molecule has 0 spiro atoms. The van der Waals surface area contributed by atoms with E-state index < -0.39 is 0 Å². The van der Waals surface area contributed by atoms with Crippen LogP contribution >= 0.6 is 0 Å². The van der Waals surface area contributed by atoms with Crippen LogP contribution in [0.25, 0.3) is 0 Å². The van der Waals surface area contributed by atoms with Crippen molar-refractivity contribution in [2.75, 3.05) is 71.0 Å². The summed E-state index contributed by atoms with van der Waals surface area (Å²) in [5.41, 5.74) is 1.13. The Bertz CT molecular complexity index is 623. The first-order valence-corrected chi connectivity index (χ1v) is 11.2. The largest absolute Gasteiger partial charge is 0.379 e. The summed E-state index contributed by atoms with van der Waals surface area (Å²) in [6, 6.07) is 4.29. The number of anilines is 1. The lowest BCUT2D eigenvalue weighted by molar-refractivity contribution is 0.115. The first-order chi connectivity index (χ1) is 14.2. The van der Waals surface area contributed by atoms with Crippen molar-refractivity contribution in [3.63, 3.8) is 0 Å². The molecule has 1 saturated heterocycles. The van der Waals surface area contributed by atoms with E-state index >= 15 is 0 Å². The average molecular weight is 403 g/mol. The van der Waals surface area contributed by atoms with Crippen molar-refractivity contribution in [1.82, 2.24) is 20.1 Å². The average Bonchev–Trinajstić information content (AvgIpc) is 3.59. The Hall–Kier alpha value is -1.86. The van der Waals surface area contributed by atoms with Crippen LogP contribution in [0, 0.1) is 5.92 Å². The molecule has 0 radical (unpaired) electrons. The number of likely N-dealkylation sites (N-methyl/N-ethyl adjacent to an activating group) is 2. The van der Waals surface area contributed by atoms with Crippen molar-refractivity contribution in [1.29, 1.82) is 0 Å². The first-order valence-electron chi connectivity index (χ1n) is 11.2. The highest BCUT2D eigenvalue weighted by molar-refractivity contribution is 5.79. The second-order valence-corrected chi connectivity index (χ2v) is 8.06. The van der Waals surface area contributed by atoms with Gasteiger partial charge < -0.3 is 24.8 Å². The number of guanidine groups is 1. The minimum Gasteiger partial charge on any atom is -0.379 e. The monoisotopic (exact) mass is 402 g/mol. The van der Waals surface area contributed by atoms with Gasteiger partial charge in [0, 0.05) is 59.1 Å². The zero-order valence-electron chi connectivity index (χ0n) is 18.4. The molecule has 29 heavy (non-hydrogen) atoms. The molecule has 1 aliphatic heterocycles. The summed E-state index contributed by atoms with van der Waals surface area (Å²) < 4.78 is 5.76. The van der Waals surface area contributed by atoms with Crippen LogP contribution in [0.3, 0.4) is 0 Å². The van der Waals surface area contributed by atoms with E-state index in [9.17, 15) is 0 Å². The number of hydrogen-bond acceptors (Lipinski definition) is 5. The van der Waals surface area contributed by atoms with Crippen LogP contribution in [0.1, 0.15) is 32.3 Å². The van der Waals surface area contributed by atoms with Gasteiger partial charge in [-0.3, -0.25) is 0 Å². The Morgan fingerprint density at radius 1 is 1.24 bits per heavy atom. The molecular weight excluding hydrogens is 364 g/mol. The number of nitrogens with zero attached hydrogens (tertiary/aromatic N) is 5. The Morgan fingerprint density at radius 3 is 2.66 bits per heavy atom. The molecule has 2 fully saturated rings. The molecule has 1 aromatic rings. The van der Waals surface area contributed by atoms with Gasteiger partial charge in [0.2, 0.25) is 0 Å². The van der Waals surface area contributed by atoms with Gasteiger partial charge in [-0.05, 0) is 43.9 Å². The number of piperazine rings is 1. The molecule has 0 atom stereocenters. The summed E-state index contributed by atoms with van der Waals surface area (Å²) in [5, 5.41) is 3.37. The molecular formula is C22H38N6O. The molecule has 1 aliphatic carbocycles. The Balaban J connectivity index is 1.47. The third kappa shape index (κ3) is 7.16. The van der Waals surface area contributed by atoms with Crippen LogP contribution in [0.5, 0.6) is 0 Å². The minimum atomic E-state index is 0.631. The standard InChI is InChI=1S/C22H38N6O/c1-4-23-22(26(3)14-15-29-18-19-6-7-19)25-17-20-8-9-21(24-16-20)28-12-10-27(5-2)11-13-28/h8-9,16,19H,4-7,10-15,17-18H2,1-3H3,(H,23,25). The highest BCUT2D eigenvalue weighted by Gasteiger charge is 2.21. The summed E-state index contributed by atoms with van der Waals surface area (Å²) in [6.07, 6.45) is 4.64. The fourth-order valence-corrected chi connectivity index (χ4v) is 3.47. The molecule has 1 saturated carbocycles. The van der Waals surface area contributed by atoms with E-state index in [2.05, 4.69) is 58.0 Å². The quantitative estimate of drug-likeness (QED) is 0.367. The third-order valence-electron chi connectivity index (χ3n) is 5.68. The van der Waals surface area contributed by atoms with Crippen molar-refractivity contribution in [2.24, 2.45) is 10.9 Å². The van der Waals surface area contributed by atoms with Crippen molar-refractivity contribution >= 4 is 11.8 Å². The van der Waals surface area contributed by atoms with Crippen LogP contribution in [-0.2, 0) is 11.3 Å². The van der Waals surface area contributed by atoms with E-state index in [0.717, 1.165) is 82.3 Å². The summed E-state index contributed by atoms with van der Waals surface area (Å²) in [7, 11) is 2.07. The molecule has 2 heterocycles. The van der Waals surface area contributed by atoms with Gasteiger partial charge in [0.25, 0.3) is 0 Å². The van der Waals surface area contributed by atoms with E-state index in [0.29, 0.717) is 6.54 Å². The van der Waals surface area contributed by atoms with Gasteiger partial charge in [0.15, 0.2) is 5.96 Å². The third-order valence-corrected chi connectivity index (χ3v) is 5.68. The number of aliphatic imine (C=N–C) groups is 1. The number of rotatable bonds is 10. The number of pyridine rings is 1. The minimum absolute atomic E-state index is 0.631. The van der Waals surface area contributed by atoms with Crippen LogP contribution in [0.2, 0.25) is 0 Å². The summed E-state index contributed by atoms with van der Waals surface area (Å²) in [6.45, 7) is 13.8. The highest BCUT2D eigenvalue weighted by Crippen LogP contribution is 2.28. The van der Waals surface area contributed by atoms with Gasteiger partial charge in [-0.2, -0.15) is 0 Å². The topological polar surface area (TPSA) is 56.2 Å². The Kier molecular flexibility index (Phi) is 8.55. The van der Waals surface area contributed by atoms with Gasteiger partial charge in [-0.25, -0.2) is 9.98 Å². The fourth-order valence-electron chi connectivity index (χ4n) is 3.47. The Labute approximate surface area is 176 Å². The zero-order valence-corrected chi connectivity index (χ0v) is 18.4. The van der Waals surface area contributed by atoms with E-state index in [1.54, 1.807) is 0 Å². The lowest BCUT2D eigenvalue weighted by Crippen LogP contribution is -2.46. The second-order valence-electron chi connectivity index (χ2n) is 8.06. The second kappa shape index (κ2) is 11.4. The molecule has 1 aromatic heterocycles. The van der Waals surface area contributed by atoms with E-state index in [4.69, 9.17) is 9.73 Å². The predicted octanol–water partition coefficient (Wildman–Crippen LogP) is 2.05. The molecule has 0 amide bonds. The number of hydrogen-bond donors (Lipinski definition) is 1. The molecule has 1 N–H and O–H groups in total. The normalized spacial score (nSPS) is 18.2. The summed E-state index contributed by atoms with van der Waals surface area (Å²) in [4.78, 5) is 16.5. The lowest BCUT2D eigenvalue weighted by Gasteiger charge is -2.34. The first kappa shape index (κ1) is 21.8. The van der Waals surface area contributed by atoms with Gasteiger partial charge in [0.1, 0.15) is 5.82 Å². The SMILES string of the molecule is CCNC(=NCc1ccc(N2CCN(CC)CC2)nc1)N(C)CCOCC1CC1. The molecule has 3 rings (SSSR count). The smallest absolute Gasteiger partial charge is 0.194 e. The highest BCUT2D eigenvalue weighted by atomic mass is 16.5. The number of nitrogens with one attached hydrogen (secondary N) is 1. The molecule has 0 unspecified atom stereocenters. The summed E-state index contributed by atoms with van der Waals surface area (Å²) >= 11 is 0. The fraction of sp³-hybridized carbons (Fsp3) is 0.727. The van der Waals surface area contributed by atoms with Crippen molar-refractivity contribution < 1.29 is 4.74 Å². The lowest BCUT2D eigenvalue weighted by atomic mass is 10.2.